The highest BCUT2D eigenvalue weighted by molar-refractivity contribution is 6.48. The molecule has 4 nitrogen and oxygen atoms in total. The standard InChI is InChI=1S/C25H26FN3O/c1-25(2,3)18-10-8-17(9-11-18)16-28-22-7-5-4-6-21(22)23(27)24(30)29-20-14-12-19(26)13-15-20/h4-15,27-28H,16H2,1-3H3,(H,29,30). The molecule has 0 saturated carbocycles. The zero-order valence-corrected chi connectivity index (χ0v) is 17.4. The molecule has 0 radical (unpaired) electrons. The predicted molar refractivity (Wildman–Crippen MR) is 121 cm³/mol. The lowest BCUT2D eigenvalue weighted by Gasteiger charge is -2.19. The van der Waals surface area contributed by atoms with Crippen LogP contribution in [0.1, 0.15) is 37.5 Å². The van der Waals surface area contributed by atoms with Crippen molar-refractivity contribution in [3.63, 3.8) is 0 Å². The Morgan fingerprint density at radius 2 is 1.57 bits per heavy atom. The zero-order valence-electron chi connectivity index (χ0n) is 17.4. The average Bonchev–Trinajstić information content (AvgIpc) is 2.73. The van der Waals surface area contributed by atoms with Crippen LogP contribution in [0.4, 0.5) is 15.8 Å². The van der Waals surface area contributed by atoms with Gasteiger partial charge in [0.05, 0.1) is 0 Å². The molecule has 3 N–H and O–H groups in total. The maximum Gasteiger partial charge on any atom is 0.274 e. The fraction of sp³-hybridized carbons (Fsp3) is 0.200. The van der Waals surface area contributed by atoms with E-state index in [9.17, 15) is 9.18 Å². The Hall–Kier alpha value is -3.47. The number of rotatable bonds is 6. The molecule has 0 saturated heterocycles. The highest BCUT2D eigenvalue weighted by Crippen LogP contribution is 2.23. The first-order valence-corrected chi connectivity index (χ1v) is 9.82. The van der Waals surface area contributed by atoms with Gasteiger partial charge in [-0.15, -0.1) is 0 Å². The van der Waals surface area contributed by atoms with Crippen molar-refractivity contribution in [2.75, 3.05) is 10.6 Å². The lowest BCUT2D eigenvalue weighted by molar-refractivity contribution is -0.110. The van der Waals surface area contributed by atoms with E-state index in [1.807, 2.05) is 12.1 Å². The van der Waals surface area contributed by atoms with E-state index in [-0.39, 0.29) is 16.9 Å². The van der Waals surface area contributed by atoms with Gasteiger partial charge in [-0.2, -0.15) is 0 Å². The minimum Gasteiger partial charge on any atom is -0.380 e. The molecule has 0 bridgehead atoms. The topological polar surface area (TPSA) is 65.0 Å². The molecule has 3 aromatic carbocycles. The van der Waals surface area contributed by atoms with E-state index in [0.29, 0.717) is 23.5 Å². The highest BCUT2D eigenvalue weighted by Gasteiger charge is 2.16. The van der Waals surface area contributed by atoms with Crippen LogP contribution in [0.2, 0.25) is 0 Å². The second kappa shape index (κ2) is 8.91. The SMILES string of the molecule is CC(C)(C)c1ccc(CNc2ccccc2C(=N)C(=O)Nc2ccc(F)cc2)cc1. The molecule has 0 spiro atoms. The molecule has 0 heterocycles. The largest absolute Gasteiger partial charge is 0.380 e. The van der Waals surface area contributed by atoms with Gasteiger partial charge in [-0.25, -0.2) is 4.39 Å². The lowest BCUT2D eigenvalue weighted by Crippen LogP contribution is -2.24. The molecule has 3 rings (SSSR count). The minimum atomic E-state index is -0.551. The number of hydrogen-bond acceptors (Lipinski definition) is 3. The molecule has 0 fully saturated rings. The van der Waals surface area contributed by atoms with Crippen molar-refractivity contribution in [2.24, 2.45) is 0 Å². The summed E-state index contributed by atoms with van der Waals surface area (Å²) in [5, 5.41) is 14.3. The molecule has 0 aromatic heterocycles. The molecule has 0 atom stereocenters. The first-order valence-electron chi connectivity index (χ1n) is 9.82. The van der Waals surface area contributed by atoms with E-state index in [2.05, 4.69) is 55.7 Å². The van der Waals surface area contributed by atoms with Gasteiger partial charge in [0.1, 0.15) is 11.5 Å². The summed E-state index contributed by atoms with van der Waals surface area (Å²) in [6, 6.07) is 21.1. The second-order valence-electron chi connectivity index (χ2n) is 8.18. The van der Waals surface area contributed by atoms with Crippen molar-refractivity contribution >= 4 is 23.0 Å². The minimum absolute atomic E-state index is 0.103. The Morgan fingerprint density at radius 1 is 0.933 bits per heavy atom. The smallest absolute Gasteiger partial charge is 0.274 e. The van der Waals surface area contributed by atoms with Crippen molar-refractivity contribution in [1.29, 1.82) is 5.41 Å². The molecule has 1 amide bonds. The van der Waals surface area contributed by atoms with Gasteiger partial charge < -0.3 is 10.6 Å². The third-order valence-corrected chi connectivity index (χ3v) is 4.83. The predicted octanol–water partition coefficient (Wildman–Crippen LogP) is 5.74. The summed E-state index contributed by atoms with van der Waals surface area (Å²) in [5.41, 5.74) is 3.97. The first-order chi connectivity index (χ1) is 14.2. The summed E-state index contributed by atoms with van der Waals surface area (Å²) >= 11 is 0. The zero-order chi connectivity index (χ0) is 21.7. The monoisotopic (exact) mass is 403 g/mol. The van der Waals surface area contributed by atoms with Crippen LogP contribution in [-0.2, 0) is 16.8 Å². The summed E-state index contributed by atoms with van der Waals surface area (Å²) in [4.78, 5) is 12.5. The number of carbonyl (C=O) groups is 1. The number of halogens is 1. The highest BCUT2D eigenvalue weighted by atomic mass is 19.1. The molecule has 0 unspecified atom stereocenters. The van der Waals surface area contributed by atoms with Crippen molar-refractivity contribution in [3.8, 4) is 0 Å². The first kappa shape index (κ1) is 21.2. The fourth-order valence-corrected chi connectivity index (χ4v) is 3.02. The molecule has 154 valence electrons. The van der Waals surface area contributed by atoms with E-state index >= 15 is 0 Å². The van der Waals surface area contributed by atoms with E-state index in [1.54, 1.807) is 12.1 Å². The van der Waals surface area contributed by atoms with Gasteiger partial charge in [0.2, 0.25) is 0 Å². The molecular formula is C25H26FN3O. The molecule has 3 aromatic rings. The maximum atomic E-state index is 13.0. The van der Waals surface area contributed by atoms with Gasteiger partial charge in [-0.05, 0) is 46.9 Å². The molecule has 0 aliphatic rings. The van der Waals surface area contributed by atoms with Crippen molar-refractivity contribution < 1.29 is 9.18 Å². The van der Waals surface area contributed by atoms with Crippen molar-refractivity contribution in [1.82, 2.24) is 0 Å². The van der Waals surface area contributed by atoms with Crippen LogP contribution < -0.4 is 10.6 Å². The Bertz CT molecular complexity index is 1040. The molecule has 0 aliphatic heterocycles. The number of hydrogen-bond donors (Lipinski definition) is 3. The second-order valence-corrected chi connectivity index (χ2v) is 8.18. The van der Waals surface area contributed by atoms with Crippen LogP contribution >= 0.6 is 0 Å². The average molecular weight is 404 g/mol. The van der Waals surface area contributed by atoms with Gasteiger partial charge in [0, 0.05) is 23.5 Å². The molecule has 0 aliphatic carbocycles. The summed E-state index contributed by atoms with van der Waals surface area (Å²) in [5.74, 6) is -0.932. The summed E-state index contributed by atoms with van der Waals surface area (Å²) in [7, 11) is 0. The number of amides is 1. The van der Waals surface area contributed by atoms with Crippen LogP contribution in [0.3, 0.4) is 0 Å². The van der Waals surface area contributed by atoms with Crippen LogP contribution in [0.25, 0.3) is 0 Å². The Balaban J connectivity index is 1.69. The summed E-state index contributed by atoms with van der Waals surface area (Å²) < 4.78 is 13.0. The third-order valence-electron chi connectivity index (χ3n) is 4.83. The number of para-hydroxylation sites is 1. The third kappa shape index (κ3) is 5.32. The van der Waals surface area contributed by atoms with Crippen LogP contribution in [-0.4, -0.2) is 11.6 Å². The summed E-state index contributed by atoms with van der Waals surface area (Å²) in [6.07, 6.45) is 0. The van der Waals surface area contributed by atoms with Crippen molar-refractivity contribution in [3.05, 3.63) is 95.3 Å². The van der Waals surface area contributed by atoms with E-state index in [1.165, 1.54) is 29.8 Å². The van der Waals surface area contributed by atoms with E-state index in [4.69, 9.17) is 5.41 Å². The van der Waals surface area contributed by atoms with Gasteiger partial charge in [0.15, 0.2) is 0 Å². The Kier molecular flexibility index (Phi) is 6.31. The quantitative estimate of drug-likeness (QED) is 0.459. The van der Waals surface area contributed by atoms with Gasteiger partial charge in [0.25, 0.3) is 5.91 Å². The lowest BCUT2D eigenvalue weighted by atomic mass is 9.87. The van der Waals surface area contributed by atoms with E-state index < -0.39 is 5.91 Å². The number of carbonyl (C=O) groups excluding carboxylic acids is 1. The normalized spacial score (nSPS) is 11.1. The summed E-state index contributed by atoms with van der Waals surface area (Å²) in [6.45, 7) is 7.12. The maximum absolute atomic E-state index is 13.0. The van der Waals surface area contributed by atoms with Crippen LogP contribution in [0, 0.1) is 11.2 Å². The van der Waals surface area contributed by atoms with Gasteiger partial charge >= 0.3 is 0 Å². The number of nitrogens with one attached hydrogen (secondary N) is 3. The van der Waals surface area contributed by atoms with E-state index in [0.717, 1.165) is 5.56 Å². The number of benzene rings is 3. The Labute approximate surface area is 176 Å². The van der Waals surface area contributed by atoms with Crippen molar-refractivity contribution in [2.45, 2.75) is 32.7 Å². The van der Waals surface area contributed by atoms with Gasteiger partial charge in [-0.1, -0.05) is 63.2 Å². The fourth-order valence-electron chi connectivity index (χ4n) is 3.02. The molecule has 5 heteroatoms. The van der Waals surface area contributed by atoms with Crippen LogP contribution in [0.15, 0.2) is 72.8 Å². The van der Waals surface area contributed by atoms with Crippen LogP contribution in [0.5, 0.6) is 0 Å². The molecule has 30 heavy (non-hydrogen) atoms. The molecular weight excluding hydrogens is 377 g/mol. The Morgan fingerprint density at radius 3 is 2.20 bits per heavy atom. The van der Waals surface area contributed by atoms with Gasteiger partial charge in [-0.3, -0.25) is 10.2 Å². The number of anilines is 2.